The maximum absolute atomic E-state index is 13.3. The Morgan fingerprint density at radius 2 is 1.68 bits per heavy atom. The van der Waals surface area contributed by atoms with Crippen LogP contribution in [-0.4, -0.2) is 40.8 Å². The predicted molar refractivity (Wildman–Crippen MR) is 141 cm³/mol. The number of anilines is 1. The zero-order valence-corrected chi connectivity index (χ0v) is 22.2. The van der Waals surface area contributed by atoms with Crippen LogP contribution in [-0.2, 0) is 27.4 Å². The number of methoxy groups -OCH3 is 2. The molecule has 1 heterocycles. The summed E-state index contributed by atoms with van der Waals surface area (Å²) < 4.78 is 18.0. The van der Waals surface area contributed by atoms with E-state index in [-0.39, 0.29) is 36.3 Å². The second kappa shape index (κ2) is 11.5. The molecule has 0 aliphatic rings. The number of aromatic nitrogens is 2. The van der Waals surface area contributed by atoms with Crippen molar-refractivity contribution in [2.45, 2.75) is 52.3 Å². The van der Waals surface area contributed by atoms with Gasteiger partial charge < -0.3 is 19.5 Å². The van der Waals surface area contributed by atoms with Gasteiger partial charge in [-0.25, -0.2) is 4.79 Å². The molecule has 37 heavy (non-hydrogen) atoms. The van der Waals surface area contributed by atoms with Gasteiger partial charge in [0.2, 0.25) is 5.91 Å². The minimum absolute atomic E-state index is 0.00866. The SMILES string of the molecule is COc1cc(OC)c(NC(=O)Cn2c(=O)n(CCCC(=O)OC(C)(C)C)c(=O)c3ccccc32)cc1Cl. The number of hydrogen-bond donors (Lipinski definition) is 1. The van der Waals surface area contributed by atoms with Gasteiger partial charge in [-0.05, 0) is 45.4 Å². The summed E-state index contributed by atoms with van der Waals surface area (Å²) in [6.45, 7) is 4.90. The molecule has 0 spiro atoms. The molecule has 3 aromatic rings. The molecule has 0 atom stereocenters. The fraction of sp³-hybridized carbons (Fsp3) is 0.385. The quantitative estimate of drug-likeness (QED) is 0.419. The van der Waals surface area contributed by atoms with Gasteiger partial charge in [0.25, 0.3) is 5.56 Å². The number of esters is 1. The molecule has 198 valence electrons. The van der Waals surface area contributed by atoms with Crippen LogP contribution in [0.2, 0.25) is 5.02 Å². The van der Waals surface area contributed by atoms with Gasteiger partial charge in [0.15, 0.2) is 0 Å². The summed E-state index contributed by atoms with van der Waals surface area (Å²) >= 11 is 6.19. The number of benzene rings is 2. The third kappa shape index (κ3) is 6.71. The van der Waals surface area contributed by atoms with Gasteiger partial charge in [0.05, 0.1) is 35.8 Å². The number of carbonyl (C=O) groups is 2. The minimum atomic E-state index is -0.664. The van der Waals surface area contributed by atoms with E-state index in [4.69, 9.17) is 25.8 Å². The Kier molecular flexibility index (Phi) is 8.65. The number of para-hydroxylation sites is 1. The summed E-state index contributed by atoms with van der Waals surface area (Å²) in [5.41, 5.74) is -1.18. The molecule has 1 N–H and O–H groups in total. The lowest BCUT2D eigenvalue weighted by atomic mass is 10.2. The zero-order chi connectivity index (χ0) is 27.3. The maximum atomic E-state index is 13.3. The van der Waals surface area contributed by atoms with Crippen LogP contribution in [0, 0.1) is 0 Å². The zero-order valence-electron chi connectivity index (χ0n) is 21.4. The van der Waals surface area contributed by atoms with Crippen molar-refractivity contribution in [1.82, 2.24) is 9.13 Å². The fourth-order valence-corrected chi connectivity index (χ4v) is 4.03. The number of ether oxygens (including phenoxy) is 3. The molecule has 2 aromatic carbocycles. The molecule has 1 amide bonds. The smallest absolute Gasteiger partial charge is 0.331 e. The third-order valence-electron chi connectivity index (χ3n) is 5.36. The molecule has 0 saturated heterocycles. The Morgan fingerprint density at radius 1 is 1.00 bits per heavy atom. The Hall–Kier alpha value is -3.79. The molecule has 10 nitrogen and oxygen atoms in total. The molecule has 0 bridgehead atoms. The first-order valence-corrected chi connectivity index (χ1v) is 12.0. The van der Waals surface area contributed by atoms with Crippen molar-refractivity contribution in [3.8, 4) is 11.5 Å². The van der Waals surface area contributed by atoms with E-state index < -0.39 is 28.7 Å². The highest BCUT2D eigenvalue weighted by Crippen LogP contribution is 2.35. The normalized spacial score (nSPS) is 11.3. The lowest BCUT2D eigenvalue weighted by Crippen LogP contribution is -2.42. The second-order valence-electron chi connectivity index (χ2n) is 9.27. The first-order valence-electron chi connectivity index (χ1n) is 11.6. The standard InChI is InChI=1S/C26H30ClN3O7/c1-26(2,3)37-23(32)11-8-12-29-24(33)16-9-6-7-10-19(16)30(25(29)34)15-22(31)28-18-13-17(27)20(35-4)14-21(18)36-5/h6-7,9-10,13-14H,8,11-12,15H2,1-5H3,(H,28,31). The topological polar surface area (TPSA) is 118 Å². The average Bonchev–Trinajstić information content (AvgIpc) is 2.83. The lowest BCUT2D eigenvalue weighted by Gasteiger charge is -2.19. The highest BCUT2D eigenvalue weighted by Gasteiger charge is 2.19. The van der Waals surface area contributed by atoms with Gasteiger partial charge in [-0.15, -0.1) is 0 Å². The van der Waals surface area contributed by atoms with E-state index in [1.807, 2.05) is 0 Å². The van der Waals surface area contributed by atoms with Gasteiger partial charge in [-0.3, -0.25) is 23.5 Å². The Morgan fingerprint density at radius 3 is 2.32 bits per heavy atom. The molecule has 0 aliphatic heterocycles. The summed E-state index contributed by atoms with van der Waals surface area (Å²) in [4.78, 5) is 51.4. The molecule has 1 aromatic heterocycles. The monoisotopic (exact) mass is 531 g/mol. The van der Waals surface area contributed by atoms with Gasteiger partial charge in [-0.2, -0.15) is 0 Å². The van der Waals surface area contributed by atoms with Crippen molar-refractivity contribution in [1.29, 1.82) is 0 Å². The maximum Gasteiger partial charge on any atom is 0.331 e. The summed E-state index contributed by atoms with van der Waals surface area (Å²) in [6.07, 6.45) is 0.255. The van der Waals surface area contributed by atoms with Crippen molar-refractivity contribution in [3.63, 3.8) is 0 Å². The fourth-order valence-electron chi connectivity index (χ4n) is 3.79. The number of carbonyl (C=O) groups excluding carboxylic acids is 2. The van der Waals surface area contributed by atoms with Crippen LogP contribution in [0.3, 0.4) is 0 Å². The number of rotatable bonds is 9. The average molecular weight is 532 g/mol. The van der Waals surface area contributed by atoms with Crippen LogP contribution in [0.25, 0.3) is 10.9 Å². The summed E-state index contributed by atoms with van der Waals surface area (Å²) in [7, 11) is 2.89. The highest BCUT2D eigenvalue weighted by atomic mass is 35.5. The van der Waals surface area contributed by atoms with Crippen molar-refractivity contribution in [3.05, 3.63) is 62.3 Å². The number of halogens is 1. The van der Waals surface area contributed by atoms with E-state index in [0.717, 1.165) is 4.57 Å². The second-order valence-corrected chi connectivity index (χ2v) is 9.68. The van der Waals surface area contributed by atoms with Crippen LogP contribution in [0.15, 0.2) is 46.0 Å². The van der Waals surface area contributed by atoms with Gasteiger partial charge in [-0.1, -0.05) is 23.7 Å². The van der Waals surface area contributed by atoms with Crippen molar-refractivity contribution in [2.75, 3.05) is 19.5 Å². The van der Waals surface area contributed by atoms with Gasteiger partial charge in [0, 0.05) is 19.0 Å². The molecule has 0 aliphatic carbocycles. The van der Waals surface area contributed by atoms with Crippen molar-refractivity contribution >= 4 is 40.1 Å². The molecular formula is C26H30ClN3O7. The van der Waals surface area contributed by atoms with Crippen molar-refractivity contribution < 1.29 is 23.8 Å². The van der Waals surface area contributed by atoms with E-state index in [1.165, 1.54) is 30.9 Å². The number of nitrogens with zero attached hydrogens (tertiary/aromatic N) is 2. The van der Waals surface area contributed by atoms with E-state index in [0.29, 0.717) is 22.7 Å². The lowest BCUT2D eigenvalue weighted by molar-refractivity contribution is -0.155. The van der Waals surface area contributed by atoms with Crippen LogP contribution < -0.4 is 26.0 Å². The largest absolute Gasteiger partial charge is 0.495 e. The molecule has 0 radical (unpaired) electrons. The first-order chi connectivity index (χ1) is 17.4. The van der Waals surface area contributed by atoms with E-state index in [1.54, 1.807) is 45.0 Å². The molecular weight excluding hydrogens is 502 g/mol. The van der Waals surface area contributed by atoms with Gasteiger partial charge >= 0.3 is 11.7 Å². The number of amides is 1. The molecule has 0 fully saturated rings. The number of nitrogens with one attached hydrogen (secondary N) is 1. The molecule has 3 rings (SSSR count). The van der Waals surface area contributed by atoms with Crippen LogP contribution in [0.1, 0.15) is 33.6 Å². The van der Waals surface area contributed by atoms with Crippen LogP contribution in [0.4, 0.5) is 5.69 Å². The Labute approximate surface area is 218 Å². The third-order valence-corrected chi connectivity index (χ3v) is 5.66. The van der Waals surface area contributed by atoms with Crippen LogP contribution in [0.5, 0.6) is 11.5 Å². The van der Waals surface area contributed by atoms with E-state index in [2.05, 4.69) is 5.32 Å². The molecule has 0 saturated carbocycles. The summed E-state index contributed by atoms with van der Waals surface area (Å²) in [5.74, 6) is -0.269. The predicted octanol–water partition coefficient (Wildman–Crippen LogP) is 3.59. The Bertz CT molecular complexity index is 1440. The van der Waals surface area contributed by atoms with E-state index >= 15 is 0 Å². The minimum Gasteiger partial charge on any atom is -0.495 e. The highest BCUT2D eigenvalue weighted by molar-refractivity contribution is 6.32. The summed E-state index contributed by atoms with van der Waals surface area (Å²) in [6, 6.07) is 9.55. The van der Waals surface area contributed by atoms with E-state index in [9.17, 15) is 19.2 Å². The number of fused-ring (bicyclic) bond motifs is 1. The Balaban J connectivity index is 1.90. The summed E-state index contributed by atoms with van der Waals surface area (Å²) in [5, 5.41) is 3.23. The van der Waals surface area contributed by atoms with Gasteiger partial charge in [0.1, 0.15) is 23.6 Å². The van der Waals surface area contributed by atoms with Crippen molar-refractivity contribution in [2.24, 2.45) is 0 Å². The molecule has 11 heteroatoms. The molecule has 0 unspecified atom stereocenters. The number of hydrogen-bond acceptors (Lipinski definition) is 7. The first kappa shape index (κ1) is 27.8. The van der Waals surface area contributed by atoms with Crippen LogP contribution >= 0.6 is 11.6 Å².